The quantitative estimate of drug-likeness (QED) is 0.524. The van der Waals surface area contributed by atoms with Gasteiger partial charge in [0.25, 0.3) is 0 Å². The minimum atomic E-state index is -0.155. The van der Waals surface area contributed by atoms with E-state index in [0.717, 1.165) is 5.69 Å². The second-order valence-electron chi connectivity index (χ2n) is 3.41. The summed E-state index contributed by atoms with van der Waals surface area (Å²) >= 11 is 0. The van der Waals surface area contributed by atoms with Gasteiger partial charge in [-0.25, -0.2) is 15.4 Å². The van der Waals surface area contributed by atoms with Crippen LogP contribution in [0.5, 0.6) is 0 Å². The van der Waals surface area contributed by atoms with Gasteiger partial charge in [-0.1, -0.05) is 5.21 Å². The third-order valence-corrected chi connectivity index (χ3v) is 2.16. The molecule has 0 saturated carbocycles. The van der Waals surface area contributed by atoms with E-state index in [1.54, 1.807) is 23.1 Å². The van der Waals surface area contributed by atoms with Crippen LogP contribution >= 0.6 is 0 Å². The third-order valence-electron chi connectivity index (χ3n) is 2.16. The van der Waals surface area contributed by atoms with Gasteiger partial charge in [0.05, 0.1) is 11.7 Å². The van der Waals surface area contributed by atoms with E-state index in [2.05, 4.69) is 25.7 Å². The molecular formula is C9H13N7. The molecule has 0 amide bonds. The summed E-state index contributed by atoms with van der Waals surface area (Å²) < 4.78 is 1.65. The molecule has 0 radical (unpaired) electrons. The Labute approximate surface area is 92.7 Å². The molecule has 3 N–H and O–H groups in total. The Morgan fingerprint density at radius 2 is 2.19 bits per heavy atom. The van der Waals surface area contributed by atoms with Crippen molar-refractivity contribution in [3.63, 3.8) is 0 Å². The fourth-order valence-electron chi connectivity index (χ4n) is 1.41. The van der Waals surface area contributed by atoms with Crippen molar-refractivity contribution in [2.24, 2.45) is 12.9 Å². The predicted molar refractivity (Wildman–Crippen MR) is 56.8 cm³/mol. The molecule has 0 aromatic carbocycles. The summed E-state index contributed by atoms with van der Waals surface area (Å²) in [6.07, 6.45) is 5.81. The number of rotatable bonds is 4. The van der Waals surface area contributed by atoms with E-state index < -0.39 is 0 Å². The molecule has 0 aliphatic heterocycles. The van der Waals surface area contributed by atoms with Crippen molar-refractivity contribution in [2.75, 3.05) is 0 Å². The van der Waals surface area contributed by atoms with Gasteiger partial charge in [-0.3, -0.25) is 10.5 Å². The Kier molecular flexibility index (Phi) is 3.18. The maximum absolute atomic E-state index is 5.47. The molecule has 2 heterocycles. The van der Waals surface area contributed by atoms with Crippen LogP contribution in [-0.2, 0) is 13.5 Å². The molecule has 0 spiro atoms. The van der Waals surface area contributed by atoms with Crippen molar-refractivity contribution in [1.29, 1.82) is 0 Å². The maximum atomic E-state index is 5.47. The van der Waals surface area contributed by atoms with Crippen molar-refractivity contribution in [1.82, 2.24) is 30.4 Å². The second kappa shape index (κ2) is 4.77. The van der Waals surface area contributed by atoms with Crippen molar-refractivity contribution < 1.29 is 0 Å². The van der Waals surface area contributed by atoms with E-state index in [0.29, 0.717) is 12.2 Å². The molecule has 84 valence electrons. The number of nitrogens with one attached hydrogen (secondary N) is 1. The minimum absolute atomic E-state index is 0.155. The van der Waals surface area contributed by atoms with E-state index in [1.165, 1.54) is 0 Å². The van der Waals surface area contributed by atoms with Crippen LogP contribution in [0, 0.1) is 0 Å². The van der Waals surface area contributed by atoms with Gasteiger partial charge in [0.15, 0.2) is 0 Å². The molecule has 0 aliphatic carbocycles. The van der Waals surface area contributed by atoms with Crippen molar-refractivity contribution in [3.05, 3.63) is 36.2 Å². The lowest BCUT2D eigenvalue weighted by Gasteiger charge is -2.11. The lowest BCUT2D eigenvalue weighted by atomic mass is 10.1. The average molecular weight is 219 g/mol. The maximum Gasteiger partial charge on any atom is 0.146 e. The SMILES string of the molecule is Cn1cc(CC(NN)c2ncccn2)nn1. The van der Waals surface area contributed by atoms with Crippen LogP contribution < -0.4 is 11.3 Å². The van der Waals surface area contributed by atoms with Crippen molar-refractivity contribution in [2.45, 2.75) is 12.5 Å². The van der Waals surface area contributed by atoms with Gasteiger partial charge in [-0.2, -0.15) is 0 Å². The van der Waals surface area contributed by atoms with Crippen LogP contribution in [0.15, 0.2) is 24.7 Å². The van der Waals surface area contributed by atoms with Gasteiger partial charge in [-0.15, -0.1) is 5.10 Å². The van der Waals surface area contributed by atoms with Crippen LogP contribution in [0.1, 0.15) is 17.6 Å². The highest BCUT2D eigenvalue weighted by atomic mass is 15.4. The zero-order chi connectivity index (χ0) is 11.4. The summed E-state index contributed by atoms with van der Waals surface area (Å²) in [6.45, 7) is 0. The monoisotopic (exact) mass is 219 g/mol. The first-order chi connectivity index (χ1) is 7.79. The number of hydrogen-bond acceptors (Lipinski definition) is 6. The Hall–Kier alpha value is -1.86. The molecule has 2 aromatic heterocycles. The lowest BCUT2D eigenvalue weighted by molar-refractivity contribution is 0.517. The smallest absolute Gasteiger partial charge is 0.146 e. The number of nitrogens with zero attached hydrogens (tertiary/aromatic N) is 5. The Morgan fingerprint density at radius 1 is 1.44 bits per heavy atom. The highest BCUT2D eigenvalue weighted by Gasteiger charge is 2.14. The molecular weight excluding hydrogens is 206 g/mol. The molecule has 16 heavy (non-hydrogen) atoms. The minimum Gasteiger partial charge on any atom is -0.271 e. The highest BCUT2D eigenvalue weighted by Crippen LogP contribution is 2.11. The van der Waals surface area contributed by atoms with Gasteiger partial charge in [0.1, 0.15) is 5.82 Å². The molecule has 7 heteroatoms. The van der Waals surface area contributed by atoms with E-state index in [1.807, 2.05) is 13.2 Å². The molecule has 0 aliphatic rings. The number of nitrogens with two attached hydrogens (primary N) is 1. The van der Waals surface area contributed by atoms with Crippen molar-refractivity contribution in [3.8, 4) is 0 Å². The van der Waals surface area contributed by atoms with Gasteiger partial charge in [-0.05, 0) is 6.07 Å². The van der Waals surface area contributed by atoms with Crippen LogP contribution in [0.2, 0.25) is 0 Å². The predicted octanol–water partition coefficient (Wildman–Crippen LogP) is -0.648. The molecule has 2 rings (SSSR count). The van der Waals surface area contributed by atoms with Crippen LogP contribution in [0.4, 0.5) is 0 Å². The highest BCUT2D eigenvalue weighted by molar-refractivity contribution is 5.03. The van der Waals surface area contributed by atoms with Gasteiger partial charge < -0.3 is 0 Å². The number of hydrazine groups is 1. The van der Waals surface area contributed by atoms with E-state index in [9.17, 15) is 0 Å². The summed E-state index contributed by atoms with van der Waals surface area (Å²) in [7, 11) is 1.82. The Balaban J connectivity index is 2.12. The number of hydrogen-bond donors (Lipinski definition) is 2. The molecule has 7 nitrogen and oxygen atoms in total. The topological polar surface area (TPSA) is 94.5 Å². The fourth-order valence-corrected chi connectivity index (χ4v) is 1.41. The Bertz CT molecular complexity index is 438. The molecule has 0 saturated heterocycles. The number of aryl methyl sites for hydroxylation is 1. The lowest BCUT2D eigenvalue weighted by Crippen LogP contribution is -2.31. The standard InChI is InChI=1S/C9H13N7/c1-16-6-7(14-15-16)5-8(13-10)9-11-3-2-4-12-9/h2-4,6,8,13H,5,10H2,1H3. The summed E-state index contributed by atoms with van der Waals surface area (Å²) in [4.78, 5) is 8.29. The first-order valence-corrected chi connectivity index (χ1v) is 4.88. The van der Waals surface area contributed by atoms with E-state index in [-0.39, 0.29) is 6.04 Å². The van der Waals surface area contributed by atoms with Crippen LogP contribution in [-0.4, -0.2) is 25.0 Å². The zero-order valence-electron chi connectivity index (χ0n) is 8.91. The van der Waals surface area contributed by atoms with Crippen LogP contribution in [0.25, 0.3) is 0 Å². The van der Waals surface area contributed by atoms with E-state index >= 15 is 0 Å². The summed E-state index contributed by atoms with van der Waals surface area (Å²) in [5, 5.41) is 7.85. The zero-order valence-corrected chi connectivity index (χ0v) is 8.91. The number of aromatic nitrogens is 5. The fraction of sp³-hybridized carbons (Fsp3) is 0.333. The van der Waals surface area contributed by atoms with Crippen LogP contribution in [0.3, 0.4) is 0 Å². The van der Waals surface area contributed by atoms with Gasteiger partial charge in [0.2, 0.25) is 0 Å². The molecule has 1 unspecified atom stereocenters. The summed E-state index contributed by atoms with van der Waals surface area (Å²) in [5.41, 5.74) is 3.52. The normalized spacial score (nSPS) is 12.6. The first kappa shape index (κ1) is 10.7. The summed E-state index contributed by atoms with van der Waals surface area (Å²) in [6, 6.07) is 1.61. The van der Waals surface area contributed by atoms with Crippen molar-refractivity contribution >= 4 is 0 Å². The molecule has 1 atom stereocenters. The average Bonchev–Trinajstić information content (AvgIpc) is 2.73. The molecule has 0 fully saturated rings. The Morgan fingerprint density at radius 3 is 2.75 bits per heavy atom. The summed E-state index contributed by atoms with van der Waals surface area (Å²) in [5.74, 6) is 6.12. The largest absolute Gasteiger partial charge is 0.271 e. The molecule has 2 aromatic rings. The molecule has 0 bridgehead atoms. The second-order valence-corrected chi connectivity index (χ2v) is 3.41. The third kappa shape index (κ3) is 2.38. The van der Waals surface area contributed by atoms with Gasteiger partial charge in [0, 0.05) is 32.1 Å². The first-order valence-electron chi connectivity index (χ1n) is 4.88. The van der Waals surface area contributed by atoms with Gasteiger partial charge >= 0.3 is 0 Å². The van der Waals surface area contributed by atoms with E-state index in [4.69, 9.17) is 5.84 Å².